The highest BCUT2D eigenvalue weighted by Crippen LogP contribution is 2.11. The molecule has 134 valence electrons. The summed E-state index contributed by atoms with van der Waals surface area (Å²) in [6.07, 6.45) is 1.99. The third-order valence-corrected chi connectivity index (χ3v) is 3.36. The fraction of sp³-hybridized carbons (Fsp3) is 0.714. The molecule has 10 nitrogen and oxygen atoms in total. The number of fused-ring (bicyclic) bond motifs is 1. The summed E-state index contributed by atoms with van der Waals surface area (Å²) in [4.78, 5) is 17.0. The zero-order chi connectivity index (χ0) is 17.5. The third kappa shape index (κ3) is 5.46. The highest BCUT2D eigenvalue weighted by Gasteiger charge is 2.11. The number of nitrogens with one attached hydrogen (secondary N) is 2. The first-order valence-electron chi connectivity index (χ1n) is 8.13. The molecule has 4 N–H and O–H groups in total. The second kappa shape index (κ2) is 8.60. The zero-order valence-electron chi connectivity index (χ0n) is 15.0. The number of rotatable bonds is 10. The van der Waals surface area contributed by atoms with Gasteiger partial charge in [0.05, 0.1) is 0 Å². The van der Waals surface area contributed by atoms with Gasteiger partial charge in [-0.15, -0.1) is 5.10 Å². The van der Waals surface area contributed by atoms with E-state index in [1.807, 2.05) is 14.1 Å². The average Bonchev–Trinajstić information content (AvgIpc) is 2.90. The molecular formula is C14H28N10. The van der Waals surface area contributed by atoms with Gasteiger partial charge in [-0.25, -0.2) is 0 Å². The summed E-state index contributed by atoms with van der Waals surface area (Å²) in [5, 5.41) is 10.9. The Labute approximate surface area is 142 Å². The highest BCUT2D eigenvalue weighted by molar-refractivity contribution is 5.46. The van der Waals surface area contributed by atoms with Gasteiger partial charge in [0.1, 0.15) is 0 Å². The van der Waals surface area contributed by atoms with Crippen molar-refractivity contribution in [2.75, 3.05) is 70.7 Å². The molecule has 0 radical (unpaired) electrons. The Bertz CT molecular complexity index is 636. The molecule has 0 atom stereocenters. The van der Waals surface area contributed by atoms with Crippen molar-refractivity contribution in [1.82, 2.24) is 34.4 Å². The van der Waals surface area contributed by atoms with E-state index in [9.17, 15) is 0 Å². The van der Waals surface area contributed by atoms with E-state index in [2.05, 4.69) is 54.6 Å². The van der Waals surface area contributed by atoms with Gasteiger partial charge in [-0.3, -0.25) is 0 Å². The van der Waals surface area contributed by atoms with Crippen molar-refractivity contribution in [3.05, 3.63) is 0 Å². The predicted molar refractivity (Wildman–Crippen MR) is 96.3 cm³/mol. The van der Waals surface area contributed by atoms with Gasteiger partial charge >= 0.3 is 0 Å². The maximum Gasteiger partial charge on any atom is 0.260 e. The monoisotopic (exact) mass is 336 g/mol. The summed E-state index contributed by atoms with van der Waals surface area (Å²) in [6.45, 7) is 3.57. The van der Waals surface area contributed by atoms with E-state index in [0.717, 1.165) is 39.0 Å². The Balaban J connectivity index is 2.00. The summed E-state index contributed by atoms with van der Waals surface area (Å²) < 4.78 is 1.58. The number of hydrogen-bond donors (Lipinski definition) is 3. The predicted octanol–water partition coefficient (Wildman–Crippen LogP) is -0.171. The minimum Gasteiger partial charge on any atom is -0.368 e. The molecule has 0 amide bonds. The van der Waals surface area contributed by atoms with E-state index in [-0.39, 0.29) is 5.95 Å². The van der Waals surface area contributed by atoms with Gasteiger partial charge in [0.15, 0.2) is 0 Å². The molecule has 0 aliphatic heterocycles. The molecule has 0 spiro atoms. The Morgan fingerprint density at radius 1 is 0.917 bits per heavy atom. The van der Waals surface area contributed by atoms with Gasteiger partial charge in [-0.2, -0.15) is 19.5 Å². The summed E-state index contributed by atoms with van der Waals surface area (Å²) in [6, 6.07) is 0. The van der Waals surface area contributed by atoms with E-state index in [1.54, 1.807) is 4.52 Å². The van der Waals surface area contributed by atoms with Gasteiger partial charge in [0, 0.05) is 13.1 Å². The molecule has 0 bridgehead atoms. The normalized spacial score (nSPS) is 11.6. The molecule has 2 aromatic rings. The summed E-state index contributed by atoms with van der Waals surface area (Å²) in [7, 11) is 8.20. The number of nitrogens with zero attached hydrogens (tertiary/aromatic N) is 7. The van der Waals surface area contributed by atoms with Crippen LogP contribution in [0, 0.1) is 0 Å². The largest absolute Gasteiger partial charge is 0.368 e. The molecule has 0 saturated heterocycles. The standard InChI is InChI=1S/C14H28N10/c1-22(2)9-5-7-16-12-20-14-19-11(15)18-13(24(14)21-12)17-8-6-10-23(3)4/h5-10H2,1-4H3,(H4,15,16,17,18,19,20,21). The van der Waals surface area contributed by atoms with Crippen LogP contribution in [0.2, 0.25) is 0 Å². The fourth-order valence-electron chi connectivity index (χ4n) is 2.18. The van der Waals surface area contributed by atoms with Crippen LogP contribution in [0.1, 0.15) is 12.8 Å². The molecule has 10 heteroatoms. The van der Waals surface area contributed by atoms with Crippen molar-refractivity contribution in [2.45, 2.75) is 12.8 Å². The second-order valence-electron chi connectivity index (χ2n) is 6.22. The van der Waals surface area contributed by atoms with Crippen LogP contribution in [0.3, 0.4) is 0 Å². The molecule has 0 aromatic carbocycles. The molecule has 24 heavy (non-hydrogen) atoms. The Morgan fingerprint density at radius 2 is 1.54 bits per heavy atom. The number of aromatic nitrogens is 5. The molecule has 0 unspecified atom stereocenters. The van der Waals surface area contributed by atoms with E-state index in [4.69, 9.17) is 5.73 Å². The van der Waals surface area contributed by atoms with Gasteiger partial charge < -0.3 is 26.2 Å². The second-order valence-corrected chi connectivity index (χ2v) is 6.22. The lowest BCUT2D eigenvalue weighted by molar-refractivity contribution is 0.405. The number of nitrogen functional groups attached to an aromatic ring is 1. The van der Waals surface area contributed by atoms with Crippen molar-refractivity contribution < 1.29 is 0 Å². The third-order valence-electron chi connectivity index (χ3n) is 3.36. The highest BCUT2D eigenvalue weighted by atomic mass is 15.4. The first kappa shape index (κ1) is 18.1. The lowest BCUT2D eigenvalue weighted by Crippen LogP contribution is -2.18. The first-order valence-corrected chi connectivity index (χ1v) is 8.13. The molecule has 2 heterocycles. The molecular weight excluding hydrogens is 308 g/mol. The molecule has 2 rings (SSSR count). The van der Waals surface area contributed by atoms with Crippen molar-refractivity contribution in [2.24, 2.45) is 0 Å². The van der Waals surface area contributed by atoms with Crippen molar-refractivity contribution in [1.29, 1.82) is 0 Å². The Morgan fingerprint density at radius 3 is 2.17 bits per heavy atom. The fourth-order valence-corrected chi connectivity index (χ4v) is 2.18. The Kier molecular flexibility index (Phi) is 6.50. The number of hydrogen-bond acceptors (Lipinski definition) is 9. The van der Waals surface area contributed by atoms with E-state index < -0.39 is 0 Å². The molecule has 0 aliphatic carbocycles. The van der Waals surface area contributed by atoms with E-state index in [0.29, 0.717) is 17.7 Å². The van der Waals surface area contributed by atoms with E-state index in [1.165, 1.54) is 0 Å². The summed E-state index contributed by atoms with van der Waals surface area (Å²) in [5.74, 6) is 1.71. The quantitative estimate of drug-likeness (QED) is 0.509. The van der Waals surface area contributed by atoms with Gasteiger partial charge in [-0.05, 0) is 54.1 Å². The minimum atomic E-state index is 0.184. The van der Waals surface area contributed by atoms with E-state index >= 15 is 0 Å². The van der Waals surface area contributed by atoms with Crippen LogP contribution in [0.25, 0.3) is 5.78 Å². The summed E-state index contributed by atoms with van der Waals surface area (Å²) in [5.41, 5.74) is 5.76. The lowest BCUT2D eigenvalue weighted by Gasteiger charge is -2.10. The zero-order valence-corrected chi connectivity index (χ0v) is 15.0. The SMILES string of the molecule is CN(C)CCCNc1nc2nc(N)nc(NCCCN(C)C)n2n1. The Hall–Kier alpha value is -2.20. The smallest absolute Gasteiger partial charge is 0.260 e. The van der Waals surface area contributed by atoms with Crippen LogP contribution in [0.5, 0.6) is 0 Å². The molecule has 0 saturated carbocycles. The van der Waals surface area contributed by atoms with Crippen LogP contribution in [-0.4, -0.2) is 88.7 Å². The molecule has 0 aliphatic rings. The maximum absolute atomic E-state index is 5.76. The van der Waals surface area contributed by atoms with Crippen LogP contribution in [0.15, 0.2) is 0 Å². The number of anilines is 3. The van der Waals surface area contributed by atoms with Crippen molar-refractivity contribution in [3.63, 3.8) is 0 Å². The first-order chi connectivity index (χ1) is 11.5. The van der Waals surface area contributed by atoms with Crippen LogP contribution >= 0.6 is 0 Å². The van der Waals surface area contributed by atoms with Gasteiger partial charge in [0.2, 0.25) is 17.8 Å². The van der Waals surface area contributed by atoms with Crippen LogP contribution in [-0.2, 0) is 0 Å². The van der Waals surface area contributed by atoms with Gasteiger partial charge in [0.25, 0.3) is 5.78 Å². The molecule has 2 aromatic heterocycles. The minimum absolute atomic E-state index is 0.184. The summed E-state index contributed by atoms with van der Waals surface area (Å²) >= 11 is 0. The van der Waals surface area contributed by atoms with Crippen LogP contribution < -0.4 is 16.4 Å². The van der Waals surface area contributed by atoms with Crippen LogP contribution in [0.4, 0.5) is 17.8 Å². The molecule has 0 fully saturated rings. The lowest BCUT2D eigenvalue weighted by atomic mass is 10.4. The van der Waals surface area contributed by atoms with Gasteiger partial charge in [-0.1, -0.05) is 0 Å². The average molecular weight is 336 g/mol. The number of nitrogens with two attached hydrogens (primary N) is 1. The maximum atomic E-state index is 5.76. The topological polar surface area (TPSA) is 113 Å². The van der Waals surface area contributed by atoms with Crippen molar-refractivity contribution in [3.8, 4) is 0 Å². The van der Waals surface area contributed by atoms with Crippen molar-refractivity contribution >= 4 is 23.6 Å².